The molecular weight excluding hydrogens is 208 g/mol. The average Bonchev–Trinajstić information content (AvgIpc) is 2.57. The Labute approximate surface area is 107 Å². The Morgan fingerprint density at radius 3 is 2.53 bits per heavy atom. The molecule has 2 aliphatic rings. The lowest BCUT2D eigenvalue weighted by atomic mass is 9.85. The fourth-order valence-electron chi connectivity index (χ4n) is 3.55. The lowest BCUT2D eigenvalue weighted by Gasteiger charge is -2.34. The number of hydrogen-bond acceptors (Lipinski definition) is 2. The third-order valence-electron chi connectivity index (χ3n) is 4.88. The van der Waals surface area contributed by atoms with Crippen LogP contribution < -0.4 is 5.73 Å². The van der Waals surface area contributed by atoms with Gasteiger partial charge in [0.15, 0.2) is 0 Å². The van der Waals surface area contributed by atoms with Crippen LogP contribution in [0.3, 0.4) is 0 Å². The van der Waals surface area contributed by atoms with Crippen LogP contribution in [0.4, 0.5) is 0 Å². The van der Waals surface area contributed by atoms with Gasteiger partial charge in [-0.15, -0.1) is 0 Å². The van der Waals surface area contributed by atoms with E-state index in [-0.39, 0.29) is 0 Å². The molecule has 2 heteroatoms. The second kappa shape index (κ2) is 5.71. The van der Waals surface area contributed by atoms with E-state index in [2.05, 4.69) is 18.7 Å². The highest BCUT2D eigenvalue weighted by Gasteiger charge is 2.30. The molecule has 2 N–H and O–H groups in total. The molecule has 2 atom stereocenters. The van der Waals surface area contributed by atoms with Gasteiger partial charge < -0.3 is 5.73 Å². The fraction of sp³-hybridized carbons (Fsp3) is 1.00. The minimum Gasteiger partial charge on any atom is -0.326 e. The molecule has 1 heterocycles. The quantitative estimate of drug-likeness (QED) is 0.711. The van der Waals surface area contributed by atoms with Crippen molar-refractivity contribution in [2.45, 2.75) is 77.3 Å². The van der Waals surface area contributed by atoms with Crippen LogP contribution in [0.2, 0.25) is 0 Å². The van der Waals surface area contributed by atoms with Crippen molar-refractivity contribution in [2.24, 2.45) is 11.1 Å². The van der Waals surface area contributed by atoms with Gasteiger partial charge in [0.1, 0.15) is 0 Å². The highest BCUT2D eigenvalue weighted by molar-refractivity contribution is 4.87. The van der Waals surface area contributed by atoms with Crippen LogP contribution in [0.15, 0.2) is 0 Å². The molecule has 100 valence electrons. The molecule has 0 aromatic heterocycles. The molecular formula is C15H30N2. The smallest absolute Gasteiger partial charge is 0.0247 e. The van der Waals surface area contributed by atoms with Crippen molar-refractivity contribution in [1.29, 1.82) is 0 Å². The Hall–Kier alpha value is -0.0800. The van der Waals surface area contributed by atoms with E-state index in [1.165, 1.54) is 64.5 Å². The molecule has 1 aliphatic carbocycles. The van der Waals surface area contributed by atoms with E-state index in [4.69, 9.17) is 5.73 Å². The number of likely N-dealkylation sites (tertiary alicyclic amines) is 1. The van der Waals surface area contributed by atoms with Gasteiger partial charge in [0, 0.05) is 12.1 Å². The van der Waals surface area contributed by atoms with Crippen molar-refractivity contribution >= 4 is 0 Å². The summed E-state index contributed by atoms with van der Waals surface area (Å²) >= 11 is 0. The molecule has 0 aromatic carbocycles. The molecule has 0 spiro atoms. The molecule has 2 fully saturated rings. The highest BCUT2D eigenvalue weighted by atomic mass is 15.2. The second-order valence-corrected chi connectivity index (χ2v) is 6.92. The van der Waals surface area contributed by atoms with Crippen molar-refractivity contribution in [3.8, 4) is 0 Å². The molecule has 17 heavy (non-hydrogen) atoms. The maximum absolute atomic E-state index is 6.39. The minimum atomic E-state index is 0.429. The van der Waals surface area contributed by atoms with E-state index < -0.39 is 0 Å². The van der Waals surface area contributed by atoms with Gasteiger partial charge >= 0.3 is 0 Å². The fourth-order valence-corrected chi connectivity index (χ4v) is 3.55. The Balaban J connectivity index is 1.95. The predicted molar refractivity (Wildman–Crippen MR) is 74.1 cm³/mol. The van der Waals surface area contributed by atoms with Crippen molar-refractivity contribution in [3.05, 3.63) is 0 Å². The monoisotopic (exact) mass is 238 g/mol. The number of rotatable bonds is 1. The summed E-state index contributed by atoms with van der Waals surface area (Å²) in [6.07, 6.45) is 10.8. The number of nitrogens with two attached hydrogens (primary N) is 1. The molecule has 0 amide bonds. The Bertz CT molecular complexity index is 237. The van der Waals surface area contributed by atoms with Crippen LogP contribution in [-0.2, 0) is 0 Å². The Morgan fingerprint density at radius 2 is 1.71 bits per heavy atom. The van der Waals surface area contributed by atoms with Gasteiger partial charge in [-0.05, 0) is 50.6 Å². The molecule has 1 saturated heterocycles. The van der Waals surface area contributed by atoms with Gasteiger partial charge in [-0.3, -0.25) is 4.90 Å². The first-order chi connectivity index (χ1) is 8.08. The Morgan fingerprint density at radius 1 is 0.941 bits per heavy atom. The number of nitrogens with zero attached hydrogens (tertiary/aromatic N) is 1. The van der Waals surface area contributed by atoms with E-state index in [9.17, 15) is 0 Å². The summed E-state index contributed by atoms with van der Waals surface area (Å²) in [5.74, 6) is 0. The van der Waals surface area contributed by atoms with Gasteiger partial charge in [-0.1, -0.05) is 33.1 Å². The van der Waals surface area contributed by atoms with Crippen molar-refractivity contribution in [2.75, 3.05) is 13.1 Å². The lowest BCUT2D eigenvalue weighted by molar-refractivity contribution is 0.162. The van der Waals surface area contributed by atoms with Crippen molar-refractivity contribution in [1.82, 2.24) is 4.90 Å². The highest BCUT2D eigenvalue weighted by Crippen LogP contribution is 2.32. The van der Waals surface area contributed by atoms with Crippen molar-refractivity contribution in [3.63, 3.8) is 0 Å². The molecule has 1 saturated carbocycles. The van der Waals surface area contributed by atoms with Crippen LogP contribution in [0.5, 0.6) is 0 Å². The van der Waals surface area contributed by atoms with Crippen LogP contribution in [0.1, 0.15) is 65.2 Å². The SMILES string of the molecule is CC1(C)CCCN(C2CCCCCC2N)CC1. The first-order valence-corrected chi connectivity index (χ1v) is 7.58. The topological polar surface area (TPSA) is 29.3 Å². The van der Waals surface area contributed by atoms with Gasteiger partial charge in [0.25, 0.3) is 0 Å². The van der Waals surface area contributed by atoms with E-state index in [1.54, 1.807) is 0 Å². The summed E-state index contributed by atoms with van der Waals surface area (Å²) < 4.78 is 0. The maximum atomic E-state index is 6.39. The molecule has 0 aromatic rings. The minimum absolute atomic E-state index is 0.429. The molecule has 1 aliphatic heterocycles. The zero-order chi connectivity index (χ0) is 12.3. The van der Waals surface area contributed by atoms with Crippen LogP contribution in [0, 0.1) is 5.41 Å². The zero-order valence-corrected chi connectivity index (χ0v) is 11.8. The predicted octanol–water partition coefficient (Wildman–Crippen LogP) is 3.16. The lowest BCUT2D eigenvalue weighted by Crippen LogP contribution is -2.47. The van der Waals surface area contributed by atoms with E-state index >= 15 is 0 Å². The van der Waals surface area contributed by atoms with Crippen molar-refractivity contribution < 1.29 is 0 Å². The molecule has 0 radical (unpaired) electrons. The third kappa shape index (κ3) is 3.69. The van der Waals surface area contributed by atoms with E-state index in [0.29, 0.717) is 17.5 Å². The Kier molecular flexibility index (Phi) is 4.48. The molecule has 2 nitrogen and oxygen atoms in total. The number of hydrogen-bond donors (Lipinski definition) is 1. The van der Waals surface area contributed by atoms with Gasteiger partial charge in [0.05, 0.1) is 0 Å². The van der Waals surface area contributed by atoms with Crippen LogP contribution >= 0.6 is 0 Å². The largest absolute Gasteiger partial charge is 0.326 e. The molecule has 2 rings (SSSR count). The third-order valence-corrected chi connectivity index (χ3v) is 4.88. The summed E-state index contributed by atoms with van der Waals surface area (Å²) in [5, 5.41) is 0. The normalized spacial score (nSPS) is 36.2. The first-order valence-electron chi connectivity index (χ1n) is 7.58. The first kappa shape index (κ1) is 13.4. The van der Waals surface area contributed by atoms with Gasteiger partial charge in [-0.25, -0.2) is 0 Å². The summed E-state index contributed by atoms with van der Waals surface area (Å²) in [6.45, 7) is 7.39. The summed E-state index contributed by atoms with van der Waals surface area (Å²) in [7, 11) is 0. The summed E-state index contributed by atoms with van der Waals surface area (Å²) in [6, 6.07) is 1.10. The molecule has 2 unspecified atom stereocenters. The van der Waals surface area contributed by atoms with Gasteiger partial charge in [-0.2, -0.15) is 0 Å². The average molecular weight is 238 g/mol. The standard InChI is InChI=1S/C15H30N2/c1-15(2)9-6-11-17(12-10-15)14-8-5-3-4-7-13(14)16/h13-14H,3-12,16H2,1-2H3. The van der Waals surface area contributed by atoms with E-state index in [0.717, 1.165) is 0 Å². The van der Waals surface area contributed by atoms with Crippen LogP contribution in [0.25, 0.3) is 0 Å². The summed E-state index contributed by atoms with van der Waals surface area (Å²) in [5.41, 5.74) is 6.93. The summed E-state index contributed by atoms with van der Waals surface area (Å²) in [4.78, 5) is 2.71. The zero-order valence-electron chi connectivity index (χ0n) is 11.8. The second-order valence-electron chi connectivity index (χ2n) is 6.92. The maximum Gasteiger partial charge on any atom is 0.0247 e. The van der Waals surface area contributed by atoms with Crippen LogP contribution in [-0.4, -0.2) is 30.1 Å². The van der Waals surface area contributed by atoms with E-state index in [1.807, 2.05) is 0 Å². The molecule has 0 bridgehead atoms. The van der Waals surface area contributed by atoms with Gasteiger partial charge in [0.2, 0.25) is 0 Å².